The fraction of sp³-hybridized carbons (Fsp3) is 0.176. The number of ether oxygens (including phenoxy) is 1. The van der Waals surface area contributed by atoms with E-state index >= 15 is 0 Å². The molecule has 6 nitrogen and oxygen atoms in total. The van der Waals surface area contributed by atoms with Gasteiger partial charge in [-0.05, 0) is 28.8 Å². The van der Waals surface area contributed by atoms with Crippen LogP contribution in [0.1, 0.15) is 5.56 Å². The van der Waals surface area contributed by atoms with Crippen molar-refractivity contribution in [3.8, 4) is 23.8 Å². The first kappa shape index (κ1) is 21.5. The lowest BCUT2D eigenvalue weighted by Gasteiger charge is -2.14. The molecule has 2 aromatic rings. The highest BCUT2D eigenvalue weighted by Gasteiger charge is 2.32. The molecule has 0 heterocycles. The third-order valence-electron chi connectivity index (χ3n) is 3.49. The zero-order valence-corrected chi connectivity index (χ0v) is 15.9. The molecule has 2 aromatic carbocycles. The first-order chi connectivity index (χ1) is 13.0. The van der Waals surface area contributed by atoms with Crippen molar-refractivity contribution in [2.45, 2.75) is 6.18 Å². The van der Waals surface area contributed by atoms with Crippen LogP contribution in [-0.4, -0.2) is 18.1 Å². The standard InChI is InChI=1S/C17H12ClF3N2O4P/c1-3-8-22(28(2)26)15-10-12(5-6-14(15)23(24)25)27-16-7-4-11(9-13(16)18)17(19,20)21/h1,4-7,9-10H,8H2,2H3/q+1. The minimum absolute atomic E-state index is 0.0427. The van der Waals surface area contributed by atoms with Crippen LogP contribution in [0.5, 0.6) is 11.5 Å². The average molecular weight is 432 g/mol. The van der Waals surface area contributed by atoms with Gasteiger partial charge in [-0.15, -0.1) is 11.1 Å². The monoisotopic (exact) mass is 431 g/mol. The number of terminal acetylenes is 1. The fourth-order valence-electron chi connectivity index (χ4n) is 2.24. The second-order valence-corrected chi connectivity index (χ2v) is 7.20. The molecule has 146 valence electrons. The third kappa shape index (κ3) is 4.91. The molecular formula is C17H12ClF3N2O4P+. The highest BCUT2D eigenvalue weighted by molar-refractivity contribution is 7.45. The van der Waals surface area contributed by atoms with Crippen molar-refractivity contribution in [3.05, 3.63) is 57.1 Å². The van der Waals surface area contributed by atoms with Crippen molar-refractivity contribution in [3.63, 3.8) is 0 Å². The Morgan fingerprint density at radius 3 is 2.50 bits per heavy atom. The predicted octanol–water partition coefficient (Wildman–Crippen LogP) is 5.87. The molecule has 0 saturated heterocycles. The van der Waals surface area contributed by atoms with Crippen molar-refractivity contribution in [2.75, 3.05) is 17.9 Å². The Labute approximate surface area is 163 Å². The number of halogens is 4. The summed E-state index contributed by atoms with van der Waals surface area (Å²) >= 11 is 5.85. The van der Waals surface area contributed by atoms with Gasteiger partial charge in [-0.3, -0.25) is 10.1 Å². The molecule has 0 amide bonds. The zero-order chi connectivity index (χ0) is 21.1. The maximum Gasteiger partial charge on any atom is 0.460 e. The summed E-state index contributed by atoms with van der Waals surface area (Å²) in [6.45, 7) is 1.17. The van der Waals surface area contributed by atoms with E-state index in [4.69, 9.17) is 22.8 Å². The summed E-state index contributed by atoms with van der Waals surface area (Å²) in [6, 6.07) is 6.11. The van der Waals surface area contributed by atoms with Gasteiger partial charge in [0.2, 0.25) is 0 Å². The predicted molar refractivity (Wildman–Crippen MR) is 99.3 cm³/mol. The summed E-state index contributed by atoms with van der Waals surface area (Å²) in [4.78, 5) is 10.6. The third-order valence-corrected chi connectivity index (χ3v) is 4.82. The van der Waals surface area contributed by atoms with E-state index in [1.807, 2.05) is 0 Å². The molecule has 0 bridgehead atoms. The number of anilines is 1. The van der Waals surface area contributed by atoms with Gasteiger partial charge in [-0.2, -0.15) is 13.2 Å². The maximum atomic E-state index is 12.7. The van der Waals surface area contributed by atoms with Crippen molar-refractivity contribution < 1.29 is 27.4 Å². The second kappa shape index (κ2) is 8.46. The van der Waals surface area contributed by atoms with Crippen LogP contribution in [0.3, 0.4) is 0 Å². The van der Waals surface area contributed by atoms with Gasteiger partial charge < -0.3 is 4.74 Å². The van der Waals surface area contributed by atoms with Crippen molar-refractivity contribution in [1.29, 1.82) is 0 Å². The van der Waals surface area contributed by atoms with Crippen LogP contribution in [0.2, 0.25) is 5.02 Å². The normalized spacial score (nSPS) is 11.5. The van der Waals surface area contributed by atoms with Crippen LogP contribution in [-0.2, 0) is 10.7 Å². The fourth-order valence-corrected chi connectivity index (χ4v) is 3.20. The highest BCUT2D eigenvalue weighted by Crippen LogP contribution is 2.41. The van der Waals surface area contributed by atoms with Crippen molar-refractivity contribution in [1.82, 2.24) is 0 Å². The van der Waals surface area contributed by atoms with Gasteiger partial charge in [-0.1, -0.05) is 17.5 Å². The van der Waals surface area contributed by atoms with Gasteiger partial charge in [0.15, 0.2) is 12.4 Å². The molecule has 28 heavy (non-hydrogen) atoms. The number of hydrogen-bond acceptors (Lipinski definition) is 4. The molecule has 2 rings (SSSR count). The first-order valence-corrected chi connectivity index (χ1v) is 9.53. The number of hydrogen-bond donors (Lipinski definition) is 0. The molecule has 0 fully saturated rings. The van der Waals surface area contributed by atoms with E-state index in [9.17, 15) is 27.9 Å². The lowest BCUT2D eigenvalue weighted by molar-refractivity contribution is -0.384. The number of rotatable bonds is 6. The van der Waals surface area contributed by atoms with Crippen LogP contribution in [0.15, 0.2) is 36.4 Å². The Morgan fingerprint density at radius 1 is 1.32 bits per heavy atom. The molecule has 0 saturated carbocycles. The van der Waals surface area contributed by atoms with E-state index in [0.717, 1.165) is 22.9 Å². The zero-order valence-electron chi connectivity index (χ0n) is 14.2. The molecule has 0 aliphatic rings. The summed E-state index contributed by atoms with van der Waals surface area (Å²) in [5.74, 6) is 2.22. The molecule has 0 aliphatic heterocycles. The van der Waals surface area contributed by atoms with Crippen molar-refractivity contribution in [2.24, 2.45) is 0 Å². The Morgan fingerprint density at radius 2 is 2.00 bits per heavy atom. The summed E-state index contributed by atoms with van der Waals surface area (Å²) in [7, 11) is -2.05. The van der Waals surface area contributed by atoms with Crippen LogP contribution < -0.4 is 9.41 Å². The van der Waals surface area contributed by atoms with Gasteiger partial charge >= 0.3 is 14.1 Å². The molecule has 0 spiro atoms. The molecular weight excluding hydrogens is 420 g/mol. The molecule has 0 aromatic heterocycles. The van der Waals surface area contributed by atoms with E-state index in [0.29, 0.717) is 6.07 Å². The number of nitro benzene ring substituents is 1. The lowest BCUT2D eigenvalue weighted by Crippen LogP contribution is -2.15. The van der Waals surface area contributed by atoms with Gasteiger partial charge in [0, 0.05) is 12.1 Å². The molecule has 11 heteroatoms. The van der Waals surface area contributed by atoms with E-state index in [1.54, 1.807) is 0 Å². The summed E-state index contributed by atoms with van der Waals surface area (Å²) in [5.41, 5.74) is -1.35. The minimum Gasteiger partial charge on any atom is -0.456 e. The van der Waals surface area contributed by atoms with Gasteiger partial charge in [0.05, 0.1) is 15.5 Å². The number of alkyl halides is 3. The van der Waals surface area contributed by atoms with Crippen LogP contribution in [0.4, 0.5) is 24.5 Å². The maximum absolute atomic E-state index is 12.7. The molecule has 0 aliphatic carbocycles. The smallest absolute Gasteiger partial charge is 0.456 e. The summed E-state index contributed by atoms with van der Waals surface area (Å²) < 4.78 is 56.7. The Bertz CT molecular complexity index is 976. The molecule has 1 unspecified atom stereocenters. The molecule has 1 atom stereocenters. The minimum atomic E-state index is -4.56. The van der Waals surface area contributed by atoms with Crippen molar-refractivity contribution >= 4 is 30.9 Å². The lowest BCUT2D eigenvalue weighted by atomic mass is 10.2. The van der Waals surface area contributed by atoms with Crippen LogP contribution in [0, 0.1) is 22.5 Å². The van der Waals surface area contributed by atoms with Gasteiger partial charge in [0.1, 0.15) is 18.0 Å². The molecule has 0 radical (unpaired) electrons. The number of benzene rings is 2. The topological polar surface area (TPSA) is 72.7 Å². The summed E-state index contributed by atoms with van der Waals surface area (Å²) in [6.07, 6.45) is 0.666. The van der Waals surface area contributed by atoms with E-state index in [1.165, 1.54) is 18.8 Å². The number of nitro groups is 1. The van der Waals surface area contributed by atoms with E-state index < -0.39 is 24.6 Å². The van der Waals surface area contributed by atoms with Crippen LogP contribution >= 0.6 is 19.6 Å². The Kier molecular flexibility index (Phi) is 6.49. The van der Waals surface area contributed by atoms with Crippen LogP contribution in [0.25, 0.3) is 0 Å². The average Bonchev–Trinajstić information content (AvgIpc) is 2.60. The number of nitrogens with zero attached hydrogens (tertiary/aromatic N) is 2. The quantitative estimate of drug-likeness (QED) is 0.247. The van der Waals surface area contributed by atoms with E-state index in [-0.39, 0.29) is 34.4 Å². The van der Waals surface area contributed by atoms with Gasteiger partial charge in [-0.25, -0.2) is 0 Å². The first-order valence-electron chi connectivity index (χ1n) is 7.49. The summed E-state index contributed by atoms with van der Waals surface area (Å²) in [5, 5.41) is 11.0. The highest BCUT2D eigenvalue weighted by atomic mass is 35.5. The Hall–Kier alpha value is -2.82. The van der Waals surface area contributed by atoms with Gasteiger partial charge in [0.25, 0.3) is 5.69 Å². The SMILES string of the molecule is C#CCN(c1cc(Oc2ccc(C(F)(F)F)cc2Cl)ccc1[N+](=O)[O-])[P+](C)=O. The second-order valence-electron chi connectivity index (χ2n) is 5.38. The Balaban J connectivity index is 2.45. The molecule has 0 N–H and O–H groups in total. The largest absolute Gasteiger partial charge is 0.460 e. The van der Waals surface area contributed by atoms with E-state index in [2.05, 4.69) is 5.92 Å².